The SMILES string of the molecule is CN(CC(=O)N1CCc2sccc2C1)C1CNC1. The van der Waals surface area contributed by atoms with Crippen LogP contribution in [0.5, 0.6) is 0 Å². The Balaban J connectivity index is 1.57. The van der Waals surface area contributed by atoms with Gasteiger partial charge in [-0.1, -0.05) is 0 Å². The van der Waals surface area contributed by atoms with Gasteiger partial charge >= 0.3 is 0 Å². The van der Waals surface area contributed by atoms with Gasteiger partial charge in [0.2, 0.25) is 5.91 Å². The summed E-state index contributed by atoms with van der Waals surface area (Å²) in [6, 6.07) is 2.69. The van der Waals surface area contributed by atoms with E-state index in [2.05, 4.69) is 21.7 Å². The van der Waals surface area contributed by atoms with Crippen molar-refractivity contribution in [3.8, 4) is 0 Å². The van der Waals surface area contributed by atoms with Crippen LogP contribution in [0.15, 0.2) is 11.4 Å². The molecule has 1 N–H and O–H groups in total. The number of nitrogens with zero attached hydrogens (tertiary/aromatic N) is 2. The van der Waals surface area contributed by atoms with Crippen LogP contribution in [-0.4, -0.2) is 55.0 Å². The Hall–Kier alpha value is -0.910. The molecule has 0 atom stereocenters. The fraction of sp³-hybridized carbons (Fsp3) is 0.615. The van der Waals surface area contributed by atoms with Crippen molar-refractivity contribution in [1.82, 2.24) is 15.1 Å². The van der Waals surface area contributed by atoms with Crippen LogP contribution < -0.4 is 5.32 Å². The molecule has 2 aliphatic rings. The quantitative estimate of drug-likeness (QED) is 0.866. The number of hydrogen-bond acceptors (Lipinski definition) is 4. The Labute approximate surface area is 112 Å². The second-order valence-corrected chi connectivity index (χ2v) is 6.16. The van der Waals surface area contributed by atoms with Gasteiger partial charge < -0.3 is 10.2 Å². The van der Waals surface area contributed by atoms with Crippen LogP contribution in [0.3, 0.4) is 0 Å². The molecular formula is C13H19N3OS. The predicted octanol–water partition coefficient (Wildman–Crippen LogP) is 0.536. The molecule has 18 heavy (non-hydrogen) atoms. The number of nitrogens with one attached hydrogen (secondary N) is 1. The molecule has 1 fully saturated rings. The van der Waals surface area contributed by atoms with Gasteiger partial charge in [0.25, 0.3) is 0 Å². The highest BCUT2D eigenvalue weighted by molar-refractivity contribution is 7.10. The van der Waals surface area contributed by atoms with Gasteiger partial charge in [-0.2, -0.15) is 0 Å². The molecule has 1 amide bonds. The van der Waals surface area contributed by atoms with Crippen LogP contribution in [-0.2, 0) is 17.8 Å². The molecule has 3 rings (SSSR count). The first-order valence-corrected chi connectivity index (χ1v) is 7.36. The molecule has 5 heteroatoms. The lowest BCUT2D eigenvalue weighted by Crippen LogP contribution is -2.57. The van der Waals surface area contributed by atoms with Crippen molar-refractivity contribution in [3.63, 3.8) is 0 Å². The maximum atomic E-state index is 12.3. The third kappa shape index (κ3) is 2.30. The van der Waals surface area contributed by atoms with Crippen molar-refractivity contribution in [2.75, 3.05) is 33.2 Å². The second kappa shape index (κ2) is 4.99. The highest BCUT2D eigenvalue weighted by Gasteiger charge is 2.26. The maximum absolute atomic E-state index is 12.3. The third-order valence-corrected chi connectivity index (χ3v) is 4.95. The first-order chi connectivity index (χ1) is 8.74. The van der Waals surface area contributed by atoms with Gasteiger partial charge in [-0.15, -0.1) is 11.3 Å². The Bertz CT molecular complexity index is 441. The molecule has 0 unspecified atom stereocenters. The van der Waals surface area contributed by atoms with E-state index in [1.165, 1.54) is 10.4 Å². The van der Waals surface area contributed by atoms with Gasteiger partial charge in [0, 0.05) is 37.1 Å². The van der Waals surface area contributed by atoms with Crippen LogP contribution in [0.25, 0.3) is 0 Å². The van der Waals surface area contributed by atoms with Crippen LogP contribution >= 0.6 is 11.3 Å². The van der Waals surface area contributed by atoms with Crippen molar-refractivity contribution < 1.29 is 4.79 Å². The van der Waals surface area contributed by atoms with Gasteiger partial charge in [0.15, 0.2) is 0 Å². The number of thiophene rings is 1. The largest absolute Gasteiger partial charge is 0.337 e. The molecule has 0 saturated carbocycles. The average Bonchev–Trinajstić information content (AvgIpc) is 2.72. The van der Waals surface area contributed by atoms with E-state index in [1.54, 1.807) is 0 Å². The zero-order chi connectivity index (χ0) is 12.5. The summed E-state index contributed by atoms with van der Waals surface area (Å²) in [7, 11) is 2.05. The summed E-state index contributed by atoms with van der Waals surface area (Å²) in [6.07, 6.45) is 1.02. The summed E-state index contributed by atoms with van der Waals surface area (Å²) in [5, 5.41) is 5.37. The molecule has 1 aromatic rings. The molecule has 98 valence electrons. The molecule has 0 radical (unpaired) electrons. The second-order valence-electron chi connectivity index (χ2n) is 5.16. The van der Waals surface area contributed by atoms with Crippen molar-refractivity contribution >= 4 is 17.2 Å². The van der Waals surface area contributed by atoms with Crippen LogP contribution in [0, 0.1) is 0 Å². The lowest BCUT2D eigenvalue weighted by atomic mass is 10.1. The van der Waals surface area contributed by atoms with Crippen molar-refractivity contribution in [2.24, 2.45) is 0 Å². The fourth-order valence-electron chi connectivity index (χ4n) is 2.49. The summed E-state index contributed by atoms with van der Waals surface area (Å²) >= 11 is 1.81. The minimum atomic E-state index is 0.265. The highest BCUT2D eigenvalue weighted by atomic mass is 32.1. The molecule has 0 aliphatic carbocycles. The molecular weight excluding hydrogens is 246 g/mol. The number of carbonyl (C=O) groups excluding carboxylic acids is 1. The molecule has 0 bridgehead atoms. The van der Waals surface area contributed by atoms with Crippen molar-refractivity contribution in [1.29, 1.82) is 0 Å². The Kier molecular flexibility index (Phi) is 3.37. The smallest absolute Gasteiger partial charge is 0.237 e. The molecule has 4 nitrogen and oxygen atoms in total. The lowest BCUT2D eigenvalue weighted by molar-refractivity contribution is -0.133. The van der Waals surface area contributed by atoms with E-state index in [9.17, 15) is 4.79 Å². The molecule has 1 aromatic heterocycles. The van der Waals surface area contributed by atoms with E-state index in [4.69, 9.17) is 0 Å². The number of amides is 1. The molecule has 0 spiro atoms. The average molecular weight is 265 g/mol. The van der Waals surface area contributed by atoms with Gasteiger partial charge in [-0.05, 0) is 30.5 Å². The van der Waals surface area contributed by atoms with Gasteiger partial charge in [-0.25, -0.2) is 0 Å². The molecule has 0 aromatic carbocycles. The van der Waals surface area contributed by atoms with E-state index >= 15 is 0 Å². The minimum Gasteiger partial charge on any atom is -0.337 e. The zero-order valence-electron chi connectivity index (χ0n) is 10.7. The van der Waals surface area contributed by atoms with Crippen LogP contribution in [0.2, 0.25) is 0 Å². The normalized spacial score (nSPS) is 19.8. The summed E-state index contributed by atoms with van der Waals surface area (Å²) in [4.78, 5) is 17.9. The first kappa shape index (κ1) is 12.1. The Morgan fingerprint density at radius 1 is 1.61 bits per heavy atom. The van der Waals surface area contributed by atoms with E-state index in [0.29, 0.717) is 12.6 Å². The summed E-state index contributed by atoms with van der Waals surface area (Å²) in [5.74, 6) is 0.265. The third-order valence-electron chi connectivity index (χ3n) is 3.93. The molecule has 1 saturated heterocycles. The molecule has 2 aliphatic heterocycles. The fourth-order valence-corrected chi connectivity index (χ4v) is 3.38. The predicted molar refractivity (Wildman–Crippen MR) is 72.7 cm³/mol. The number of likely N-dealkylation sites (N-methyl/N-ethyl adjacent to an activating group) is 1. The van der Waals surface area contributed by atoms with Crippen molar-refractivity contribution in [3.05, 3.63) is 21.9 Å². The van der Waals surface area contributed by atoms with E-state index in [1.807, 2.05) is 23.3 Å². The van der Waals surface area contributed by atoms with Crippen molar-refractivity contribution in [2.45, 2.75) is 19.0 Å². The van der Waals surface area contributed by atoms with Gasteiger partial charge in [-0.3, -0.25) is 9.69 Å². The van der Waals surface area contributed by atoms with E-state index in [0.717, 1.165) is 32.6 Å². The Morgan fingerprint density at radius 3 is 3.17 bits per heavy atom. The monoisotopic (exact) mass is 265 g/mol. The van der Waals surface area contributed by atoms with E-state index < -0.39 is 0 Å². The summed E-state index contributed by atoms with van der Waals surface area (Å²) < 4.78 is 0. The summed E-state index contributed by atoms with van der Waals surface area (Å²) in [6.45, 7) is 4.25. The summed E-state index contributed by atoms with van der Waals surface area (Å²) in [5.41, 5.74) is 1.34. The number of fused-ring (bicyclic) bond motifs is 1. The van der Waals surface area contributed by atoms with Gasteiger partial charge in [0.1, 0.15) is 0 Å². The molecule has 3 heterocycles. The Morgan fingerprint density at radius 2 is 2.44 bits per heavy atom. The number of carbonyl (C=O) groups is 1. The minimum absolute atomic E-state index is 0.265. The standard InChI is InChI=1S/C13H19N3OS/c1-15(11-6-14-7-11)9-13(17)16-4-2-12-10(8-16)3-5-18-12/h3,5,11,14H,2,4,6-9H2,1H3. The van der Waals surface area contributed by atoms with Crippen LogP contribution in [0.4, 0.5) is 0 Å². The highest BCUT2D eigenvalue weighted by Crippen LogP contribution is 2.24. The topological polar surface area (TPSA) is 35.6 Å². The van der Waals surface area contributed by atoms with E-state index in [-0.39, 0.29) is 5.91 Å². The zero-order valence-corrected chi connectivity index (χ0v) is 11.5. The van der Waals surface area contributed by atoms with Gasteiger partial charge in [0.05, 0.1) is 6.54 Å². The number of rotatable bonds is 3. The maximum Gasteiger partial charge on any atom is 0.237 e. The van der Waals surface area contributed by atoms with Crippen LogP contribution in [0.1, 0.15) is 10.4 Å². The number of hydrogen-bond donors (Lipinski definition) is 1. The lowest BCUT2D eigenvalue weighted by Gasteiger charge is -2.36. The first-order valence-electron chi connectivity index (χ1n) is 6.48.